The van der Waals surface area contributed by atoms with E-state index in [4.69, 9.17) is 5.73 Å². The Bertz CT molecular complexity index is 841. The summed E-state index contributed by atoms with van der Waals surface area (Å²) in [6, 6.07) is 10.0. The Balaban J connectivity index is 1.66. The lowest BCUT2D eigenvalue weighted by Gasteiger charge is -2.17. The molecule has 2 atom stereocenters. The fourth-order valence-corrected chi connectivity index (χ4v) is 3.39. The molecule has 0 spiro atoms. The van der Waals surface area contributed by atoms with Gasteiger partial charge in [-0.3, -0.25) is 4.79 Å². The van der Waals surface area contributed by atoms with Crippen LogP contribution in [0, 0.1) is 0 Å². The molecule has 5 N–H and O–H groups in total. The van der Waals surface area contributed by atoms with Gasteiger partial charge in [0.25, 0.3) is 0 Å². The van der Waals surface area contributed by atoms with Crippen LogP contribution in [0.4, 0.5) is 4.79 Å². The maximum Gasteiger partial charge on any atom is 0.312 e. The SMILES string of the molecule is CC(NC(=O)CC(NC(N)=O)c1cccs1)c1nc2ccccc2[nH]1. The fraction of sp³-hybridized carbons (Fsp3) is 0.235. The van der Waals surface area contributed by atoms with Gasteiger partial charge in [-0.05, 0) is 30.5 Å². The number of primary amides is 1. The topological polar surface area (TPSA) is 113 Å². The number of carbonyl (C=O) groups excluding carboxylic acids is 2. The number of para-hydroxylation sites is 2. The first-order valence-corrected chi connectivity index (χ1v) is 8.74. The van der Waals surface area contributed by atoms with E-state index in [-0.39, 0.29) is 18.4 Å². The van der Waals surface area contributed by atoms with Gasteiger partial charge in [0.15, 0.2) is 0 Å². The van der Waals surface area contributed by atoms with Crippen molar-refractivity contribution in [3.63, 3.8) is 0 Å². The number of fused-ring (bicyclic) bond motifs is 1. The lowest BCUT2D eigenvalue weighted by Crippen LogP contribution is -2.37. The Morgan fingerprint density at radius 3 is 2.72 bits per heavy atom. The van der Waals surface area contributed by atoms with Crippen LogP contribution < -0.4 is 16.4 Å². The van der Waals surface area contributed by atoms with Gasteiger partial charge in [0.05, 0.1) is 29.5 Å². The predicted molar refractivity (Wildman–Crippen MR) is 97.0 cm³/mol. The van der Waals surface area contributed by atoms with Gasteiger partial charge in [-0.1, -0.05) is 18.2 Å². The lowest BCUT2D eigenvalue weighted by molar-refractivity contribution is -0.122. The molecule has 0 bridgehead atoms. The smallest absolute Gasteiger partial charge is 0.312 e. The van der Waals surface area contributed by atoms with Crippen LogP contribution in [-0.4, -0.2) is 21.9 Å². The summed E-state index contributed by atoms with van der Waals surface area (Å²) in [6.45, 7) is 1.86. The number of carbonyl (C=O) groups is 2. The van der Waals surface area contributed by atoms with Crippen molar-refractivity contribution in [1.29, 1.82) is 0 Å². The van der Waals surface area contributed by atoms with Crippen molar-refractivity contribution in [3.05, 3.63) is 52.5 Å². The minimum atomic E-state index is -0.656. The lowest BCUT2D eigenvalue weighted by atomic mass is 10.1. The molecule has 2 heterocycles. The molecule has 0 radical (unpaired) electrons. The van der Waals surface area contributed by atoms with Crippen molar-refractivity contribution in [2.75, 3.05) is 0 Å². The molecule has 1 aromatic carbocycles. The number of thiophene rings is 1. The van der Waals surface area contributed by atoms with Crippen molar-refractivity contribution in [2.24, 2.45) is 5.73 Å². The second-order valence-electron chi connectivity index (χ2n) is 5.71. The van der Waals surface area contributed by atoms with E-state index in [1.54, 1.807) is 0 Å². The van der Waals surface area contributed by atoms with Gasteiger partial charge < -0.3 is 21.4 Å². The average Bonchev–Trinajstić information content (AvgIpc) is 3.23. The number of nitrogens with one attached hydrogen (secondary N) is 3. The number of aromatic amines is 1. The van der Waals surface area contributed by atoms with E-state index in [1.807, 2.05) is 48.7 Å². The summed E-state index contributed by atoms with van der Waals surface area (Å²) in [7, 11) is 0. The zero-order valence-electron chi connectivity index (χ0n) is 13.7. The number of hydrogen-bond acceptors (Lipinski definition) is 4. The Kier molecular flexibility index (Phi) is 4.99. The summed E-state index contributed by atoms with van der Waals surface area (Å²) in [6.07, 6.45) is 0.105. The fourth-order valence-electron chi connectivity index (χ4n) is 2.62. The minimum Gasteiger partial charge on any atom is -0.352 e. The molecule has 25 heavy (non-hydrogen) atoms. The Hall–Kier alpha value is -2.87. The first kappa shape index (κ1) is 17.0. The van der Waals surface area contributed by atoms with Crippen LogP contribution in [0.15, 0.2) is 41.8 Å². The number of H-pyrrole nitrogens is 1. The summed E-state index contributed by atoms with van der Waals surface area (Å²) in [5.74, 6) is 0.491. The number of rotatable bonds is 6. The highest BCUT2D eigenvalue weighted by molar-refractivity contribution is 7.10. The van der Waals surface area contributed by atoms with Crippen molar-refractivity contribution >= 4 is 34.3 Å². The van der Waals surface area contributed by atoms with E-state index in [0.717, 1.165) is 15.9 Å². The van der Waals surface area contributed by atoms with Crippen LogP contribution in [0.1, 0.15) is 36.1 Å². The van der Waals surface area contributed by atoms with Gasteiger partial charge in [-0.15, -0.1) is 11.3 Å². The van der Waals surface area contributed by atoms with Crippen LogP contribution in [0.2, 0.25) is 0 Å². The Labute approximate surface area is 148 Å². The molecular weight excluding hydrogens is 338 g/mol. The number of imidazole rings is 1. The van der Waals surface area contributed by atoms with E-state index in [0.29, 0.717) is 5.82 Å². The quantitative estimate of drug-likeness (QED) is 0.544. The molecule has 0 aliphatic rings. The van der Waals surface area contributed by atoms with Gasteiger partial charge in [0.1, 0.15) is 5.82 Å². The number of urea groups is 1. The molecule has 0 fully saturated rings. The van der Waals surface area contributed by atoms with Crippen molar-refractivity contribution in [3.8, 4) is 0 Å². The van der Waals surface area contributed by atoms with Crippen LogP contribution in [-0.2, 0) is 4.79 Å². The van der Waals surface area contributed by atoms with E-state index >= 15 is 0 Å². The summed E-state index contributed by atoms with van der Waals surface area (Å²) in [5, 5.41) is 7.40. The average molecular weight is 357 g/mol. The molecule has 130 valence electrons. The summed E-state index contributed by atoms with van der Waals surface area (Å²) >= 11 is 1.46. The predicted octanol–water partition coefficient (Wildman–Crippen LogP) is 2.60. The highest BCUT2D eigenvalue weighted by Gasteiger charge is 2.20. The monoisotopic (exact) mass is 357 g/mol. The van der Waals surface area contributed by atoms with Crippen LogP contribution >= 0.6 is 11.3 Å². The molecule has 0 aliphatic carbocycles. The second-order valence-corrected chi connectivity index (χ2v) is 6.69. The van der Waals surface area contributed by atoms with E-state index < -0.39 is 12.1 Å². The normalized spacial score (nSPS) is 13.3. The van der Waals surface area contributed by atoms with Crippen molar-refractivity contribution in [1.82, 2.24) is 20.6 Å². The molecule has 2 unspecified atom stereocenters. The third-order valence-electron chi connectivity index (χ3n) is 3.79. The molecule has 3 amide bonds. The van der Waals surface area contributed by atoms with Crippen LogP contribution in [0.5, 0.6) is 0 Å². The van der Waals surface area contributed by atoms with Gasteiger partial charge >= 0.3 is 6.03 Å². The van der Waals surface area contributed by atoms with Crippen LogP contribution in [0.25, 0.3) is 11.0 Å². The molecule has 8 heteroatoms. The molecule has 0 saturated heterocycles. The summed E-state index contributed by atoms with van der Waals surface area (Å²) < 4.78 is 0. The molecule has 0 saturated carbocycles. The van der Waals surface area contributed by atoms with Crippen LogP contribution in [0.3, 0.4) is 0 Å². The first-order chi connectivity index (χ1) is 12.0. The van der Waals surface area contributed by atoms with Gasteiger partial charge in [0.2, 0.25) is 5.91 Å². The van der Waals surface area contributed by atoms with Crippen molar-refractivity contribution < 1.29 is 9.59 Å². The maximum absolute atomic E-state index is 12.4. The zero-order valence-corrected chi connectivity index (χ0v) is 14.5. The second kappa shape index (κ2) is 7.35. The zero-order chi connectivity index (χ0) is 17.8. The van der Waals surface area contributed by atoms with Gasteiger partial charge in [0, 0.05) is 4.88 Å². The third-order valence-corrected chi connectivity index (χ3v) is 4.77. The van der Waals surface area contributed by atoms with E-state index in [1.165, 1.54) is 11.3 Å². The van der Waals surface area contributed by atoms with Gasteiger partial charge in [-0.25, -0.2) is 9.78 Å². The third kappa shape index (κ3) is 4.16. The molecule has 2 aromatic heterocycles. The van der Waals surface area contributed by atoms with E-state index in [9.17, 15) is 9.59 Å². The first-order valence-electron chi connectivity index (χ1n) is 7.86. The minimum absolute atomic E-state index is 0.105. The number of hydrogen-bond donors (Lipinski definition) is 4. The number of nitrogens with zero attached hydrogens (tertiary/aromatic N) is 1. The molecule has 3 rings (SSSR count). The molecule has 7 nitrogen and oxygen atoms in total. The Morgan fingerprint density at radius 2 is 2.04 bits per heavy atom. The largest absolute Gasteiger partial charge is 0.352 e. The van der Waals surface area contributed by atoms with Crippen molar-refractivity contribution in [2.45, 2.75) is 25.4 Å². The molecule has 3 aromatic rings. The number of aromatic nitrogens is 2. The number of nitrogens with two attached hydrogens (primary N) is 1. The number of benzene rings is 1. The molecule has 0 aliphatic heterocycles. The molecular formula is C17H19N5O2S. The maximum atomic E-state index is 12.4. The highest BCUT2D eigenvalue weighted by Crippen LogP contribution is 2.22. The number of amides is 3. The summed E-state index contributed by atoms with van der Waals surface area (Å²) in [4.78, 5) is 32.2. The van der Waals surface area contributed by atoms with Gasteiger partial charge in [-0.2, -0.15) is 0 Å². The Morgan fingerprint density at radius 1 is 1.24 bits per heavy atom. The van der Waals surface area contributed by atoms with E-state index in [2.05, 4.69) is 20.6 Å². The highest BCUT2D eigenvalue weighted by atomic mass is 32.1. The summed E-state index contributed by atoms with van der Waals surface area (Å²) in [5.41, 5.74) is 6.99. The standard InChI is InChI=1S/C17H19N5O2S/c1-10(16-20-11-5-2-3-6-12(11)21-16)19-15(23)9-13(22-17(18)24)14-7-4-8-25-14/h2-8,10,13H,9H2,1H3,(H,19,23)(H,20,21)(H3,18,22,24).